The number of allylic oxidation sites excluding steroid dienone is 1. The van der Waals surface area contributed by atoms with Crippen LogP contribution in [-0.4, -0.2) is 27.1 Å². The molecule has 1 unspecified atom stereocenters. The Kier molecular flexibility index (Phi) is 3.06. The number of H-pyrrole nitrogens is 1. The normalized spacial score (nSPS) is 17.0. The Balaban J connectivity index is 1.98. The van der Waals surface area contributed by atoms with Crippen molar-refractivity contribution in [1.82, 2.24) is 20.5 Å². The molecule has 3 heterocycles. The second kappa shape index (κ2) is 5.23. The van der Waals surface area contributed by atoms with Crippen LogP contribution in [0.4, 0.5) is 5.82 Å². The Morgan fingerprint density at radius 1 is 1.30 bits per heavy atom. The minimum absolute atomic E-state index is 0.278. The highest BCUT2D eigenvalue weighted by atomic mass is 16.6. The molecule has 8 nitrogen and oxygen atoms in total. The summed E-state index contributed by atoms with van der Waals surface area (Å²) >= 11 is 0. The number of benzene rings is 1. The lowest BCUT2D eigenvalue weighted by molar-refractivity contribution is 0.315. The molecule has 4 rings (SSSR count). The molecule has 0 radical (unpaired) electrons. The van der Waals surface area contributed by atoms with Crippen molar-refractivity contribution in [3.8, 4) is 0 Å². The summed E-state index contributed by atoms with van der Waals surface area (Å²) in [5, 5.41) is 18.2. The number of fused-ring (bicyclic) bond motifs is 2. The predicted molar refractivity (Wildman–Crippen MR) is 83.2 cm³/mol. The van der Waals surface area contributed by atoms with Crippen molar-refractivity contribution >= 4 is 16.9 Å². The highest BCUT2D eigenvalue weighted by molar-refractivity contribution is 5.80. The average molecular weight is 307 g/mol. The maximum Gasteiger partial charge on any atom is 0.196 e. The summed E-state index contributed by atoms with van der Waals surface area (Å²) in [6.45, 7) is 8.10. The van der Waals surface area contributed by atoms with Crippen molar-refractivity contribution in [3.63, 3.8) is 0 Å². The Hall–Kier alpha value is -3.18. The standard InChI is InChI=1S/C15H13N7O/c1-17-14-10(5-6-16)19-15-9(7-18-20-15)12(14)8-3-2-4-11-13(8)22-23-21-11/h2-4,7,12H,5-6,16H2,(H2,18,19,20). The first-order chi connectivity index (χ1) is 11.3. The number of anilines is 1. The molecule has 114 valence electrons. The number of rotatable bonds is 3. The number of aromatic amines is 1. The van der Waals surface area contributed by atoms with E-state index in [2.05, 4.69) is 30.7 Å². The number of nitrogens with two attached hydrogens (primary N) is 1. The van der Waals surface area contributed by atoms with Crippen LogP contribution < -0.4 is 11.1 Å². The maximum atomic E-state index is 7.65. The van der Waals surface area contributed by atoms with Gasteiger partial charge in [0.1, 0.15) is 16.9 Å². The highest BCUT2D eigenvalue weighted by Crippen LogP contribution is 2.43. The van der Waals surface area contributed by atoms with Gasteiger partial charge in [-0.3, -0.25) is 5.10 Å². The number of nitrogens with zero attached hydrogens (tertiary/aromatic N) is 4. The molecule has 2 aromatic heterocycles. The van der Waals surface area contributed by atoms with Gasteiger partial charge in [0.15, 0.2) is 5.70 Å². The van der Waals surface area contributed by atoms with E-state index >= 15 is 0 Å². The highest BCUT2D eigenvalue weighted by Gasteiger charge is 2.33. The van der Waals surface area contributed by atoms with Gasteiger partial charge in [-0.2, -0.15) is 5.10 Å². The number of hydrogen-bond acceptors (Lipinski definition) is 6. The topological polar surface area (TPSA) is 110 Å². The van der Waals surface area contributed by atoms with Crippen LogP contribution in [0.15, 0.2) is 40.4 Å². The molecule has 1 aliphatic rings. The average Bonchev–Trinajstić information content (AvgIpc) is 3.22. The molecule has 1 aliphatic heterocycles. The van der Waals surface area contributed by atoms with Crippen LogP contribution >= 0.6 is 0 Å². The summed E-state index contributed by atoms with van der Waals surface area (Å²) < 4.78 is 4.86. The summed E-state index contributed by atoms with van der Waals surface area (Å²) in [6, 6.07) is 5.65. The third-order valence-electron chi connectivity index (χ3n) is 3.98. The molecule has 4 N–H and O–H groups in total. The third kappa shape index (κ3) is 1.98. The molecule has 0 aliphatic carbocycles. The summed E-state index contributed by atoms with van der Waals surface area (Å²) in [6.07, 6.45) is 2.31. The van der Waals surface area contributed by atoms with Gasteiger partial charge in [0.2, 0.25) is 0 Å². The molecule has 23 heavy (non-hydrogen) atoms. The summed E-state index contributed by atoms with van der Waals surface area (Å²) in [5.74, 6) is 0.499. The number of nitrogens with one attached hydrogen (secondary N) is 2. The summed E-state index contributed by atoms with van der Waals surface area (Å²) in [4.78, 5) is 3.77. The van der Waals surface area contributed by atoms with Gasteiger partial charge in [0, 0.05) is 11.3 Å². The second-order valence-electron chi connectivity index (χ2n) is 5.25. The molecule has 8 heteroatoms. The van der Waals surface area contributed by atoms with Gasteiger partial charge in [-0.1, -0.05) is 12.1 Å². The molecule has 0 fully saturated rings. The van der Waals surface area contributed by atoms with Crippen molar-refractivity contribution in [2.45, 2.75) is 12.3 Å². The van der Waals surface area contributed by atoms with Crippen LogP contribution in [0.25, 0.3) is 15.9 Å². The van der Waals surface area contributed by atoms with Gasteiger partial charge in [-0.15, -0.1) is 0 Å². The Morgan fingerprint density at radius 3 is 3.04 bits per heavy atom. The fraction of sp³-hybridized carbons (Fsp3) is 0.200. The lowest BCUT2D eigenvalue weighted by atomic mass is 9.85. The number of aromatic nitrogens is 4. The zero-order valence-corrected chi connectivity index (χ0v) is 12.1. The minimum atomic E-state index is -0.278. The van der Waals surface area contributed by atoms with E-state index in [-0.39, 0.29) is 5.92 Å². The molecule has 0 bridgehead atoms. The van der Waals surface area contributed by atoms with E-state index in [9.17, 15) is 0 Å². The van der Waals surface area contributed by atoms with E-state index in [1.807, 2.05) is 18.2 Å². The van der Waals surface area contributed by atoms with E-state index in [0.717, 1.165) is 22.6 Å². The van der Waals surface area contributed by atoms with Crippen molar-refractivity contribution in [2.75, 3.05) is 11.9 Å². The van der Waals surface area contributed by atoms with Crippen molar-refractivity contribution < 1.29 is 4.63 Å². The zero-order valence-electron chi connectivity index (χ0n) is 12.1. The number of hydrogen-bond donors (Lipinski definition) is 3. The Bertz CT molecular complexity index is 946. The molecule has 3 aromatic rings. The quantitative estimate of drug-likeness (QED) is 0.638. The van der Waals surface area contributed by atoms with Gasteiger partial charge in [0.05, 0.1) is 18.7 Å². The maximum absolute atomic E-state index is 7.65. The van der Waals surface area contributed by atoms with Crippen LogP contribution in [0.2, 0.25) is 0 Å². The van der Waals surface area contributed by atoms with Crippen LogP contribution in [0.3, 0.4) is 0 Å². The fourth-order valence-corrected chi connectivity index (χ4v) is 2.99. The van der Waals surface area contributed by atoms with Crippen LogP contribution in [-0.2, 0) is 0 Å². The van der Waals surface area contributed by atoms with Gasteiger partial charge in [-0.25, -0.2) is 9.47 Å². The molecule has 1 atom stereocenters. The molecule has 0 amide bonds. The molecule has 0 spiro atoms. The van der Waals surface area contributed by atoms with Gasteiger partial charge in [0.25, 0.3) is 0 Å². The van der Waals surface area contributed by atoms with Gasteiger partial charge < -0.3 is 11.1 Å². The van der Waals surface area contributed by atoms with Crippen LogP contribution in [0, 0.1) is 6.57 Å². The smallest absolute Gasteiger partial charge is 0.196 e. The van der Waals surface area contributed by atoms with Crippen LogP contribution in [0.1, 0.15) is 23.5 Å². The van der Waals surface area contributed by atoms with E-state index in [0.29, 0.717) is 29.7 Å². The Labute approximate surface area is 131 Å². The van der Waals surface area contributed by atoms with Crippen LogP contribution in [0.5, 0.6) is 0 Å². The summed E-state index contributed by atoms with van der Waals surface area (Å²) in [7, 11) is 0. The molecule has 0 saturated heterocycles. The first-order valence-electron chi connectivity index (χ1n) is 7.15. The molecule has 1 aromatic carbocycles. The van der Waals surface area contributed by atoms with E-state index < -0.39 is 0 Å². The molecule has 0 saturated carbocycles. The van der Waals surface area contributed by atoms with E-state index in [4.69, 9.17) is 16.9 Å². The lowest BCUT2D eigenvalue weighted by Crippen LogP contribution is -2.19. The first-order valence-corrected chi connectivity index (χ1v) is 7.15. The van der Waals surface area contributed by atoms with Gasteiger partial charge >= 0.3 is 0 Å². The lowest BCUT2D eigenvalue weighted by Gasteiger charge is -2.26. The molecular formula is C15H13N7O. The van der Waals surface area contributed by atoms with Crippen molar-refractivity contribution in [3.05, 3.63) is 58.3 Å². The Morgan fingerprint density at radius 2 is 2.22 bits per heavy atom. The first kappa shape index (κ1) is 13.5. The molecular weight excluding hydrogens is 294 g/mol. The fourth-order valence-electron chi connectivity index (χ4n) is 2.99. The SMILES string of the molecule is [C-]#[N+]C1=C(CCN)Nc2[nH]ncc2C1c1cccc2nonc12. The zero-order chi connectivity index (χ0) is 15.8. The summed E-state index contributed by atoms with van der Waals surface area (Å²) in [5.41, 5.74) is 10.2. The predicted octanol–water partition coefficient (Wildman–Crippen LogP) is 1.98. The van der Waals surface area contributed by atoms with E-state index in [1.165, 1.54) is 0 Å². The van der Waals surface area contributed by atoms with Crippen molar-refractivity contribution in [1.29, 1.82) is 0 Å². The monoisotopic (exact) mass is 307 g/mol. The van der Waals surface area contributed by atoms with Crippen molar-refractivity contribution in [2.24, 2.45) is 5.73 Å². The third-order valence-corrected chi connectivity index (χ3v) is 3.98. The largest absolute Gasteiger partial charge is 0.354 e. The minimum Gasteiger partial charge on any atom is -0.354 e. The second-order valence-corrected chi connectivity index (χ2v) is 5.25. The van der Waals surface area contributed by atoms with Gasteiger partial charge in [-0.05, 0) is 34.9 Å². The van der Waals surface area contributed by atoms with E-state index in [1.54, 1.807) is 6.20 Å².